The summed E-state index contributed by atoms with van der Waals surface area (Å²) >= 11 is 0. The number of nitrogens with one attached hydrogen (secondary N) is 1. The SMILES string of the molecule is CC(=O)Nc1ccc(CN=C=O)cc1. The smallest absolute Gasteiger partial charge is 0.235 e. The highest BCUT2D eigenvalue weighted by molar-refractivity contribution is 5.88. The van der Waals surface area contributed by atoms with Crippen molar-refractivity contribution in [2.75, 3.05) is 5.32 Å². The minimum absolute atomic E-state index is 0.108. The van der Waals surface area contributed by atoms with Gasteiger partial charge in [-0.2, -0.15) is 0 Å². The fourth-order valence-electron chi connectivity index (χ4n) is 1.02. The van der Waals surface area contributed by atoms with Crippen LogP contribution in [0.15, 0.2) is 29.3 Å². The summed E-state index contributed by atoms with van der Waals surface area (Å²) in [5, 5.41) is 2.64. The summed E-state index contributed by atoms with van der Waals surface area (Å²) in [5.74, 6) is -0.108. The van der Waals surface area contributed by atoms with E-state index in [1.807, 2.05) is 0 Å². The number of hydrogen-bond donors (Lipinski definition) is 1. The van der Waals surface area contributed by atoms with E-state index in [9.17, 15) is 9.59 Å². The molecule has 0 saturated carbocycles. The fourth-order valence-corrected chi connectivity index (χ4v) is 1.02. The number of carbonyl (C=O) groups is 1. The second-order valence-electron chi connectivity index (χ2n) is 2.79. The first-order chi connectivity index (χ1) is 6.72. The topological polar surface area (TPSA) is 58.5 Å². The van der Waals surface area contributed by atoms with Gasteiger partial charge in [-0.1, -0.05) is 12.1 Å². The minimum atomic E-state index is -0.108. The van der Waals surface area contributed by atoms with Crippen LogP contribution < -0.4 is 5.32 Å². The second-order valence-corrected chi connectivity index (χ2v) is 2.79. The van der Waals surface area contributed by atoms with E-state index in [0.717, 1.165) is 11.3 Å². The second kappa shape index (κ2) is 4.94. The van der Waals surface area contributed by atoms with E-state index in [-0.39, 0.29) is 5.91 Å². The molecule has 0 heterocycles. The monoisotopic (exact) mass is 190 g/mol. The van der Waals surface area contributed by atoms with Gasteiger partial charge in [-0.15, -0.1) is 0 Å². The van der Waals surface area contributed by atoms with Crippen molar-refractivity contribution in [2.45, 2.75) is 13.5 Å². The molecule has 0 aliphatic heterocycles. The van der Waals surface area contributed by atoms with E-state index < -0.39 is 0 Å². The molecule has 0 spiro atoms. The van der Waals surface area contributed by atoms with Gasteiger partial charge in [0.25, 0.3) is 0 Å². The molecule has 1 aromatic rings. The third kappa shape index (κ3) is 3.21. The lowest BCUT2D eigenvalue weighted by Gasteiger charge is -2.01. The van der Waals surface area contributed by atoms with Crippen LogP contribution in [0.5, 0.6) is 0 Å². The average Bonchev–Trinajstić information content (AvgIpc) is 2.16. The van der Waals surface area contributed by atoms with Gasteiger partial charge in [-0.25, -0.2) is 9.79 Å². The maximum atomic E-state index is 10.7. The fraction of sp³-hybridized carbons (Fsp3) is 0.200. The first kappa shape index (κ1) is 10.2. The molecule has 1 rings (SSSR count). The molecule has 14 heavy (non-hydrogen) atoms. The number of isocyanates is 1. The molecular formula is C10H10N2O2. The van der Waals surface area contributed by atoms with E-state index in [4.69, 9.17) is 0 Å². The third-order valence-corrected chi connectivity index (χ3v) is 1.60. The summed E-state index contributed by atoms with van der Waals surface area (Å²) in [4.78, 5) is 24.0. The Hall–Kier alpha value is -1.93. The zero-order valence-corrected chi connectivity index (χ0v) is 7.78. The molecule has 1 aromatic carbocycles. The normalized spacial score (nSPS) is 8.93. The van der Waals surface area contributed by atoms with Crippen LogP contribution in [0.25, 0.3) is 0 Å². The number of aliphatic imine (C=N–C) groups is 1. The molecule has 0 saturated heterocycles. The lowest BCUT2D eigenvalue weighted by molar-refractivity contribution is -0.114. The Kier molecular flexibility index (Phi) is 3.58. The number of carbonyl (C=O) groups excluding carboxylic acids is 2. The predicted octanol–water partition coefficient (Wildman–Crippen LogP) is 1.48. The molecule has 0 atom stereocenters. The predicted molar refractivity (Wildman–Crippen MR) is 52.6 cm³/mol. The highest BCUT2D eigenvalue weighted by Crippen LogP contribution is 2.09. The van der Waals surface area contributed by atoms with Gasteiger partial charge in [-0.3, -0.25) is 4.79 Å². The number of benzene rings is 1. The van der Waals surface area contributed by atoms with Crippen molar-refractivity contribution >= 4 is 17.7 Å². The molecule has 0 aliphatic carbocycles. The lowest BCUT2D eigenvalue weighted by atomic mass is 10.2. The zero-order chi connectivity index (χ0) is 10.4. The quantitative estimate of drug-likeness (QED) is 0.579. The Labute approximate surface area is 81.7 Å². The summed E-state index contributed by atoms with van der Waals surface area (Å²) < 4.78 is 0. The maximum Gasteiger partial charge on any atom is 0.235 e. The first-order valence-electron chi connectivity index (χ1n) is 4.12. The van der Waals surface area contributed by atoms with Crippen molar-refractivity contribution in [3.05, 3.63) is 29.8 Å². The highest BCUT2D eigenvalue weighted by atomic mass is 16.1. The van der Waals surface area contributed by atoms with Gasteiger partial charge in [0.05, 0.1) is 6.54 Å². The summed E-state index contributed by atoms with van der Waals surface area (Å²) in [7, 11) is 0. The van der Waals surface area contributed by atoms with Crippen molar-refractivity contribution in [3.63, 3.8) is 0 Å². The van der Waals surface area contributed by atoms with Gasteiger partial charge in [0.1, 0.15) is 0 Å². The Balaban J connectivity index is 2.68. The highest BCUT2D eigenvalue weighted by Gasteiger charge is 1.95. The van der Waals surface area contributed by atoms with E-state index in [1.54, 1.807) is 24.3 Å². The molecule has 0 aromatic heterocycles. The largest absolute Gasteiger partial charge is 0.326 e. The molecule has 0 bridgehead atoms. The maximum absolute atomic E-state index is 10.7. The van der Waals surface area contributed by atoms with Gasteiger partial charge in [0.2, 0.25) is 12.0 Å². The molecule has 0 fully saturated rings. The van der Waals surface area contributed by atoms with Gasteiger partial charge in [-0.05, 0) is 17.7 Å². The van der Waals surface area contributed by atoms with Crippen LogP contribution in [0.1, 0.15) is 12.5 Å². The molecule has 4 heteroatoms. The summed E-state index contributed by atoms with van der Waals surface area (Å²) in [6.07, 6.45) is 1.47. The molecule has 72 valence electrons. The number of anilines is 1. The van der Waals surface area contributed by atoms with Crippen molar-refractivity contribution in [2.24, 2.45) is 4.99 Å². The van der Waals surface area contributed by atoms with Gasteiger partial charge < -0.3 is 5.32 Å². The van der Waals surface area contributed by atoms with Crippen LogP contribution >= 0.6 is 0 Å². The molecule has 1 amide bonds. The van der Waals surface area contributed by atoms with Crippen LogP contribution in [-0.2, 0) is 16.1 Å². The molecule has 4 nitrogen and oxygen atoms in total. The van der Waals surface area contributed by atoms with Crippen LogP contribution in [-0.4, -0.2) is 12.0 Å². The molecular weight excluding hydrogens is 180 g/mol. The Bertz CT molecular complexity index is 341. The molecule has 0 aliphatic rings. The van der Waals surface area contributed by atoms with Crippen LogP contribution in [0, 0.1) is 0 Å². The van der Waals surface area contributed by atoms with E-state index in [2.05, 4.69) is 10.3 Å². The number of nitrogens with zero attached hydrogens (tertiary/aromatic N) is 1. The third-order valence-electron chi connectivity index (χ3n) is 1.60. The van der Waals surface area contributed by atoms with Crippen molar-refractivity contribution in [1.82, 2.24) is 0 Å². The van der Waals surface area contributed by atoms with E-state index >= 15 is 0 Å². The van der Waals surface area contributed by atoms with Crippen molar-refractivity contribution < 1.29 is 9.59 Å². The minimum Gasteiger partial charge on any atom is -0.326 e. The number of hydrogen-bond acceptors (Lipinski definition) is 3. The van der Waals surface area contributed by atoms with E-state index in [0.29, 0.717) is 6.54 Å². The Morgan fingerprint density at radius 1 is 1.43 bits per heavy atom. The standard InChI is InChI=1S/C10H10N2O2/c1-8(14)12-10-4-2-9(3-5-10)6-11-7-13/h2-5H,6H2,1H3,(H,12,14). The van der Waals surface area contributed by atoms with Crippen LogP contribution in [0.4, 0.5) is 5.69 Å². The molecule has 1 N–H and O–H groups in total. The van der Waals surface area contributed by atoms with Gasteiger partial charge in [0, 0.05) is 12.6 Å². The van der Waals surface area contributed by atoms with Crippen molar-refractivity contribution in [1.29, 1.82) is 0 Å². The summed E-state index contributed by atoms with van der Waals surface area (Å²) in [5.41, 5.74) is 1.64. The zero-order valence-electron chi connectivity index (χ0n) is 7.78. The van der Waals surface area contributed by atoms with Crippen LogP contribution in [0.2, 0.25) is 0 Å². The lowest BCUT2D eigenvalue weighted by Crippen LogP contribution is -2.05. The summed E-state index contributed by atoms with van der Waals surface area (Å²) in [6.45, 7) is 1.77. The number of rotatable bonds is 3. The molecule has 0 unspecified atom stereocenters. The van der Waals surface area contributed by atoms with Crippen molar-refractivity contribution in [3.8, 4) is 0 Å². The van der Waals surface area contributed by atoms with Gasteiger partial charge in [0.15, 0.2) is 0 Å². The summed E-state index contributed by atoms with van der Waals surface area (Å²) in [6, 6.07) is 7.12. The Morgan fingerprint density at radius 2 is 2.07 bits per heavy atom. The average molecular weight is 190 g/mol. The number of amides is 1. The van der Waals surface area contributed by atoms with E-state index in [1.165, 1.54) is 13.0 Å². The first-order valence-corrected chi connectivity index (χ1v) is 4.12. The van der Waals surface area contributed by atoms with Crippen LogP contribution in [0.3, 0.4) is 0 Å². The Morgan fingerprint density at radius 3 is 2.57 bits per heavy atom. The van der Waals surface area contributed by atoms with Gasteiger partial charge >= 0.3 is 0 Å². The molecule has 0 radical (unpaired) electrons.